The van der Waals surface area contributed by atoms with Gasteiger partial charge in [0, 0.05) is 19.4 Å². The van der Waals surface area contributed by atoms with Gasteiger partial charge in [0.2, 0.25) is 0 Å². The molecule has 0 amide bonds. The molecule has 0 saturated heterocycles. The highest BCUT2D eigenvalue weighted by molar-refractivity contribution is 7.47. The minimum Gasteiger partial charge on any atom is -0.462 e. The van der Waals surface area contributed by atoms with Crippen LogP contribution in [-0.4, -0.2) is 49.3 Å². The Bertz CT molecular complexity index is 1400. The van der Waals surface area contributed by atoms with Gasteiger partial charge in [0.25, 0.3) is 0 Å². The van der Waals surface area contributed by atoms with E-state index in [0.29, 0.717) is 12.8 Å². The van der Waals surface area contributed by atoms with Gasteiger partial charge in [-0.05, 0) is 83.5 Å². The zero-order valence-corrected chi connectivity index (χ0v) is 38.7. The topological polar surface area (TPSA) is 134 Å². The van der Waals surface area contributed by atoms with Gasteiger partial charge in [0.1, 0.15) is 6.61 Å². The second-order valence-electron chi connectivity index (χ2n) is 14.5. The van der Waals surface area contributed by atoms with Crippen molar-refractivity contribution in [3.05, 3.63) is 122 Å². The van der Waals surface area contributed by atoms with Gasteiger partial charge >= 0.3 is 19.8 Å². The quantitative estimate of drug-likeness (QED) is 0.0266. The van der Waals surface area contributed by atoms with Crippen molar-refractivity contribution >= 4 is 19.8 Å². The highest BCUT2D eigenvalue weighted by Crippen LogP contribution is 2.43. The number of allylic oxidation sites excluding steroid dienone is 20. The highest BCUT2D eigenvalue weighted by atomic mass is 31.2. The van der Waals surface area contributed by atoms with E-state index in [1.807, 2.05) is 24.3 Å². The van der Waals surface area contributed by atoms with Crippen molar-refractivity contribution in [1.29, 1.82) is 0 Å². The fourth-order valence-electron chi connectivity index (χ4n) is 5.49. The largest absolute Gasteiger partial charge is 0.472 e. The van der Waals surface area contributed by atoms with Crippen molar-refractivity contribution in [3.63, 3.8) is 0 Å². The van der Waals surface area contributed by atoms with E-state index in [4.69, 9.17) is 24.3 Å². The van der Waals surface area contributed by atoms with Gasteiger partial charge in [0.05, 0.1) is 13.2 Å². The normalized spacial score (nSPS) is 14.4. The van der Waals surface area contributed by atoms with E-state index in [9.17, 15) is 19.0 Å². The maximum atomic E-state index is 12.6. The number of nitrogens with two attached hydrogens (primary N) is 1. The van der Waals surface area contributed by atoms with E-state index in [1.165, 1.54) is 57.8 Å². The SMILES string of the molecule is CC/C=C\C/C=C\C/C=C\C/C=C\C/C=C\C/C=C\CCC(=O)OC(COC(=O)CC/C=C\C/C=C\C/C=C\C/C=C\CCCCCCCCCC)COP(=O)(O)OCCN. The standard InChI is InChI=1S/C51H82NO8P/c1-3-5-7-9-11-13-15-17-19-21-23-24-26-27-29-31-33-35-37-39-41-43-50(53)57-47-49(48-59-61(55,56)58-46-45-52)60-51(54)44-42-40-38-36-34-32-30-28-25-22-20-18-16-14-12-10-8-6-4-2/h6,8,12,14,18,20-21,23,25-28,31-34,37-40,49H,3-5,7,9-11,13,15-17,19,22,24,29-30,35-36,41-48,52H2,1-2H3,(H,55,56)/b8-6-,14-12-,20-18-,23-21-,27-26-,28-25-,33-31-,34-32-,39-37-,40-38-. The minimum absolute atomic E-state index is 0.0259. The van der Waals surface area contributed by atoms with Crippen molar-refractivity contribution in [2.24, 2.45) is 5.73 Å². The average Bonchev–Trinajstić information content (AvgIpc) is 3.25. The maximum absolute atomic E-state index is 12.6. The van der Waals surface area contributed by atoms with E-state index in [-0.39, 0.29) is 32.6 Å². The number of carbonyl (C=O) groups is 2. The van der Waals surface area contributed by atoms with Crippen molar-refractivity contribution in [2.75, 3.05) is 26.4 Å². The lowest BCUT2D eigenvalue weighted by atomic mass is 10.1. The van der Waals surface area contributed by atoms with Gasteiger partial charge in [0.15, 0.2) is 6.10 Å². The minimum atomic E-state index is -4.42. The van der Waals surface area contributed by atoms with Crippen LogP contribution in [-0.2, 0) is 32.7 Å². The molecular weight excluding hydrogens is 786 g/mol. The van der Waals surface area contributed by atoms with Crippen molar-refractivity contribution in [3.8, 4) is 0 Å². The van der Waals surface area contributed by atoms with E-state index < -0.39 is 32.5 Å². The summed E-state index contributed by atoms with van der Waals surface area (Å²) in [4.78, 5) is 34.9. The first-order valence-corrected chi connectivity index (χ1v) is 24.5. The van der Waals surface area contributed by atoms with Crippen LogP contribution < -0.4 is 5.73 Å². The summed E-state index contributed by atoms with van der Waals surface area (Å²) in [6.45, 7) is 3.42. The molecule has 0 spiro atoms. The number of phosphoric acid groups is 1. The average molecular weight is 868 g/mol. The zero-order chi connectivity index (χ0) is 44.6. The van der Waals surface area contributed by atoms with Crippen LogP contribution in [0.3, 0.4) is 0 Å². The summed E-state index contributed by atoms with van der Waals surface area (Å²) in [5, 5.41) is 0. The molecule has 0 rings (SSSR count). The molecule has 0 saturated carbocycles. The van der Waals surface area contributed by atoms with Crippen LogP contribution in [0.25, 0.3) is 0 Å². The Morgan fingerprint density at radius 2 is 0.902 bits per heavy atom. The summed E-state index contributed by atoms with van der Waals surface area (Å²) in [6.07, 6.45) is 62.7. The van der Waals surface area contributed by atoms with Gasteiger partial charge in [-0.1, -0.05) is 180 Å². The lowest BCUT2D eigenvalue weighted by Gasteiger charge is -2.19. The van der Waals surface area contributed by atoms with Crippen LogP contribution in [0, 0.1) is 0 Å². The van der Waals surface area contributed by atoms with E-state index in [0.717, 1.165) is 57.8 Å². The van der Waals surface area contributed by atoms with Gasteiger partial charge < -0.3 is 20.1 Å². The summed E-state index contributed by atoms with van der Waals surface area (Å²) >= 11 is 0. The molecule has 0 heterocycles. The Hall–Kier alpha value is -3.59. The van der Waals surface area contributed by atoms with Crippen molar-refractivity contribution in [1.82, 2.24) is 0 Å². The van der Waals surface area contributed by atoms with Gasteiger partial charge in [-0.3, -0.25) is 18.6 Å². The fourth-order valence-corrected chi connectivity index (χ4v) is 6.25. The molecule has 2 atom stereocenters. The first kappa shape index (κ1) is 57.4. The van der Waals surface area contributed by atoms with Crippen LogP contribution in [0.4, 0.5) is 0 Å². The molecule has 344 valence electrons. The number of unbranched alkanes of at least 4 members (excludes halogenated alkanes) is 8. The summed E-state index contributed by atoms with van der Waals surface area (Å²) in [5.74, 6) is -1.03. The molecular formula is C51H82NO8P. The van der Waals surface area contributed by atoms with Crippen LogP contribution in [0.1, 0.15) is 155 Å². The highest BCUT2D eigenvalue weighted by Gasteiger charge is 2.25. The molecule has 3 N–H and O–H groups in total. The molecule has 2 unspecified atom stereocenters. The summed E-state index contributed by atoms with van der Waals surface area (Å²) in [7, 11) is -4.42. The monoisotopic (exact) mass is 868 g/mol. The summed E-state index contributed by atoms with van der Waals surface area (Å²) in [5.41, 5.74) is 5.34. The fraction of sp³-hybridized carbons (Fsp3) is 0.569. The maximum Gasteiger partial charge on any atom is 0.472 e. The van der Waals surface area contributed by atoms with Gasteiger partial charge in [-0.15, -0.1) is 0 Å². The predicted molar refractivity (Wildman–Crippen MR) is 256 cm³/mol. The van der Waals surface area contributed by atoms with E-state index >= 15 is 0 Å². The van der Waals surface area contributed by atoms with E-state index in [2.05, 4.69) is 111 Å². The zero-order valence-electron chi connectivity index (χ0n) is 37.8. The predicted octanol–water partition coefficient (Wildman–Crippen LogP) is 13.7. The molecule has 0 aromatic rings. The van der Waals surface area contributed by atoms with Crippen LogP contribution in [0.5, 0.6) is 0 Å². The molecule has 61 heavy (non-hydrogen) atoms. The van der Waals surface area contributed by atoms with Crippen LogP contribution in [0.15, 0.2) is 122 Å². The number of hydrogen-bond donors (Lipinski definition) is 2. The molecule has 0 aromatic heterocycles. The summed E-state index contributed by atoms with van der Waals surface area (Å²) < 4.78 is 32.6. The van der Waals surface area contributed by atoms with Gasteiger partial charge in [-0.2, -0.15) is 0 Å². The Balaban J connectivity index is 4.38. The third-order valence-electron chi connectivity index (χ3n) is 8.86. The third kappa shape index (κ3) is 45.8. The number of carbonyl (C=O) groups excluding carboxylic acids is 2. The van der Waals surface area contributed by atoms with Crippen molar-refractivity contribution in [2.45, 2.75) is 161 Å². The number of rotatable bonds is 41. The Morgan fingerprint density at radius 3 is 1.34 bits per heavy atom. The smallest absolute Gasteiger partial charge is 0.462 e. The Morgan fingerprint density at radius 1 is 0.508 bits per heavy atom. The summed E-state index contributed by atoms with van der Waals surface area (Å²) in [6, 6.07) is 0. The van der Waals surface area contributed by atoms with Crippen molar-refractivity contribution < 1.29 is 37.6 Å². The molecule has 0 aromatic carbocycles. The Labute approximate surface area is 371 Å². The molecule has 0 aliphatic rings. The molecule has 0 aliphatic heterocycles. The number of ether oxygens (including phenoxy) is 2. The number of phosphoric ester groups is 1. The molecule has 0 aliphatic carbocycles. The molecule has 0 radical (unpaired) electrons. The first-order valence-electron chi connectivity index (χ1n) is 23.0. The van der Waals surface area contributed by atoms with Crippen LogP contribution in [0.2, 0.25) is 0 Å². The Kier molecular flexibility index (Phi) is 43.2. The second kappa shape index (κ2) is 45.9. The molecule has 0 fully saturated rings. The number of hydrogen-bond acceptors (Lipinski definition) is 8. The lowest BCUT2D eigenvalue weighted by Crippen LogP contribution is -2.29. The van der Waals surface area contributed by atoms with E-state index in [1.54, 1.807) is 0 Å². The lowest BCUT2D eigenvalue weighted by molar-refractivity contribution is -0.161. The van der Waals surface area contributed by atoms with Gasteiger partial charge in [-0.25, -0.2) is 4.57 Å². The number of esters is 2. The second-order valence-corrected chi connectivity index (χ2v) is 16.0. The molecule has 0 bridgehead atoms. The third-order valence-corrected chi connectivity index (χ3v) is 9.84. The first-order chi connectivity index (χ1) is 29.8. The molecule has 10 heteroatoms. The van der Waals surface area contributed by atoms with Crippen LogP contribution >= 0.6 is 7.82 Å². The molecule has 9 nitrogen and oxygen atoms in total.